The summed E-state index contributed by atoms with van der Waals surface area (Å²) in [4.78, 5) is 23.4. The lowest BCUT2D eigenvalue weighted by Gasteiger charge is -2.07. The minimum atomic E-state index is -0.375. The summed E-state index contributed by atoms with van der Waals surface area (Å²) in [6.45, 7) is 2.17. The number of carbonyl (C=O) groups is 2. The van der Waals surface area contributed by atoms with Crippen LogP contribution in [0.4, 0.5) is 0 Å². The molecule has 1 aliphatic heterocycles. The molecule has 0 unspecified atom stereocenters. The highest BCUT2D eigenvalue weighted by Gasteiger charge is 2.39. The van der Waals surface area contributed by atoms with Crippen LogP contribution >= 0.6 is 0 Å². The van der Waals surface area contributed by atoms with Crippen molar-refractivity contribution in [3.05, 3.63) is 23.8 Å². The molecule has 19 heavy (non-hydrogen) atoms. The number of ether oxygens (including phenoxy) is 2. The van der Waals surface area contributed by atoms with Crippen LogP contribution in [-0.4, -0.2) is 18.6 Å². The zero-order valence-electron chi connectivity index (χ0n) is 10.4. The molecule has 0 spiro atoms. The number of rotatable bonds is 2. The molecule has 6 heteroatoms. The Kier molecular flexibility index (Phi) is 2.77. The summed E-state index contributed by atoms with van der Waals surface area (Å²) in [5, 5.41) is 0. The Hall–Kier alpha value is -2.24. The lowest BCUT2D eigenvalue weighted by atomic mass is 10.2. The molecular formula is C13H14N2O4. The van der Waals surface area contributed by atoms with E-state index in [0.717, 1.165) is 6.42 Å². The molecule has 0 bridgehead atoms. The first-order valence-corrected chi connectivity index (χ1v) is 6.15. The van der Waals surface area contributed by atoms with E-state index in [1.807, 2.05) is 6.92 Å². The predicted octanol–water partition coefficient (Wildman–Crippen LogP) is 0.832. The zero-order valence-corrected chi connectivity index (χ0v) is 10.4. The third-order valence-electron chi connectivity index (χ3n) is 3.38. The molecule has 0 aromatic heterocycles. The van der Waals surface area contributed by atoms with Gasteiger partial charge in [0.2, 0.25) is 12.7 Å². The Balaban J connectivity index is 1.59. The van der Waals surface area contributed by atoms with Crippen LogP contribution in [0.1, 0.15) is 23.7 Å². The quantitative estimate of drug-likeness (QED) is 0.774. The summed E-state index contributed by atoms with van der Waals surface area (Å²) in [6, 6.07) is 4.88. The van der Waals surface area contributed by atoms with Crippen molar-refractivity contribution >= 4 is 11.8 Å². The normalized spacial score (nSPS) is 22.8. The van der Waals surface area contributed by atoms with Crippen molar-refractivity contribution in [1.29, 1.82) is 0 Å². The fourth-order valence-corrected chi connectivity index (χ4v) is 2.01. The van der Waals surface area contributed by atoms with Crippen molar-refractivity contribution in [2.24, 2.45) is 11.8 Å². The number of benzene rings is 1. The van der Waals surface area contributed by atoms with Gasteiger partial charge in [-0.2, -0.15) is 0 Å². The number of carbonyl (C=O) groups excluding carboxylic acids is 2. The third-order valence-corrected chi connectivity index (χ3v) is 3.38. The van der Waals surface area contributed by atoms with Gasteiger partial charge in [-0.3, -0.25) is 20.4 Å². The molecule has 2 amide bonds. The zero-order chi connectivity index (χ0) is 13.4. The van der Waals surface area contributed by atoms with Crippen LogP contribution in [0.15, 0.2) is 18.2 Å². The first kappa shape index (κ1) is 11.8. The monoisotopic (exact) mass is 262 g/mol. The molecule has 2 atom stereocenters. The van der Waals surface area contributed by atoms with Gasteiger partial charge in [0, 0.05) is 11.5 Å². The summed E-state index contributed by atoms with van der Waals surface area (Å²) >= 11 is 0. The fraction of sp³-hybridized carbons (Fsp3) is 0.385. The maximum Gasteiger partial charge on any atom is 0.269 e. The second-order valence-electron chi connectivity index (χ2n) is 4.83. The van der Waals surface area contributed by atoms with Crippen LogP contribution in [0.3, 0.4) is 0 Å². The standard InChI is InChI=1S/C13H14N2O4/c1-7-4-9(7)13(17)15-14-12(16)8-2-3-10-11(5-8)19-6-18-10/h2-3,5,7,9H,4,6H2,1H3,(H,14,16)(H,15,17)/t7-,9-/m0/s1. The maximum atomic E-state index is 11.9. The Labute approximate surface area is 110 Å². The summed E-state index contributed by atoms with van der Waals surface area (Å²) in [6.07, 6.45) is 0.881. The molecule has 100 valence electrons. The summed E-state index contributed by atoms with van der Waals surface area (Å²) in [7, 11) is 0. The minimum absolute atomic E-state index is 0.0250. The van der Waals surface area contributed by atoms with Crippen LogP contribution < -0.4 is 20.3 Å². The number of hydrazine groups is 1. The number of amides is 2. The number of hydrogen-bond donors (Lipinski definition) is 2. The molecule has 1 fully saturated rings. The largest absolute Gasteiger partial charge is 0.454 e. The van der Waals surface area contributed by atoms with E-state index < -0.39 is 0 Å². The topological polar surface area (TPSA) is 76.7 Å². The van der Waals surface area contributed by atoms with Crippen LogP contribution in [0.2, 0.25) is 0 Å². The fourth-order valence-electron chi connectivity index (χ4n) is 2.01. The van der Waals surface area contributed by atoms with E-state index in [0.29, 0.717) is 23.0 Å². The summed E-state index contributed by atoms with van der Waals surface area (Å²) in [5.41, 5.74) is 5.24. The second-order valence-corrected chi connectivity index (χ2v) is 4.83. The molecule has 3 rings (SSSR count). The Morgan fingerprint density at radius 2 is 1.95 bits per heavy atom. The summed E-state index contributed by atoms with van der Waals surface area (Å²) < 4.78 is 10.3. The van der Waals surface area contributed by atoms with Gasteiger partial charge in [-0.05, 0) is 30.5 Å². The van der Waals surface area contributed by atoms with E-state index in [4.69, 9.17) is 9.47 Å². The Morgan fingerprint density at radius 3 is 2.68 bits per heavy atom. The minimum Gasteiger partial charge on any atom is -0.454 e. The average molecular weight is 262 g/mol. The Bertz CT molecular complexity index is 543. The Morgan fingerprint density at radius 1 is 1.21 bits per heavy atom. The lowest BCUT2D eigenvalue weighted by molar-refractivity contribution is -0.123. The molecule has 2 N–H and O–H groups in total. The molecule has 6 nitrogen and oxygen atoms in total. The van der Waals surface area contributed by atoms with Gasteiger partial charge < -0.3 is 9.47 Å². The average Bonchev–Trinajstić information content (AvgIpc) is 2.97. The third kappa shape index (κ3) is 2.33. The molecule has 1 heterocycles. The van der Waals surface area contributed by atoms with E-state index in [2.05, 4.69) is 10.9 Å². The first-order valence-electron chi connectivity index (χ1n) is 6.15. The van der Waals surface area contributed by atoms with Crippen LogP contribution in [-0.2, 0) is 4.79 Å². The molecule has 2 aliphatic rings. The van der Waals surface area contributed by atoms with Gasteiger partial charge in [0.1, 0.15) is 0 Å². The van der Waals surface area contributed by atoms with E-state index in [1.165, 1.54) is 0 Å². The lowest BCUT2D eigenvalue weighted by Crippen LogP contribution is -2.42. The van der Waals surface area contributed by atoms with E-state index in [1.54, 1.807) is 18.2 Å². The highest BCUT2D eigenvalue weighted by Crippen LogP contribution is 2.37. The molecule has 0 saturated heterocycles. The van der Waals surface area contributed by atoms with Crippen molar-refractivity contribution in [2.45, 2.75) is 13.3 Å². The maximum absolute atomic E-state index is 11.9. The van der Waals surface area contributed by atoms with Gasteiger partial charge in [-0.15, -0.1) is 0 Å². The van der Waals surface area contributed by atoms with Crippen molar-refractivity contribution < 1.29 is 19.1 Å². The van der Waals surface area contributed by atoms with Crippen molar-refractivity contribution in [3.8, 4) is 11.5 Å². The number of hydrogen-bond acceptors (Lipinski definition) is 4. The van der Waals surface area contributed by atoms with Crippen LogP contribution in [0.25, 0.3) is 0 Å². The van der Waals surface area contributed by atoms with E-state index in [-0.39, 0.29) is 24.5 Å². The first-order chi connectivity index (χ1) is 9.15. The SMILES string of the molecule is C[C@H]1C[C@@H]1C(=O)NNC(=O)c1ccc2c(c1)OCO2. The van der Waals surface area contributed by atoms with Crippen LogP contribution in [0.5, 0.6) is 11.5 Å². The molecule has 0 radical (unpaired) electrons. The van der Waals surface area contributed by atoms with Gasteiger partial charge in [0.05, 0.1) is 0 Å². The van der Waals surface area contributed by atoms with Gasteiger partial charge in [-0.1, -0.05) is 6.92 Å². The van der Waals surface area contributed by atoms with E-state index >= 15 is 0 Å². The molecule has 1 saturated carbocycles. The second kappa shape index (κ2) is 4.46. The van der Waals surface area contributed by atoms with Crippen molar-refractivity contribution in [3.63, 3.8) is 0 Å². The molecule has 1 aromatic rings. The predicted molar refractivity (Wildman–Crippen MR) is 65.4 cm³/mol. The van der Waals surface area contributed by atoms with Crippen LogP contribution in [0, 0.1) is 11.8 Å². The molecular weight excluding hydrogens is 248 g/mol. The molecule has 1 aromatic carbocycles. The number of fused-ring (bicyclic) bond motifs is 1. The van der Waals surface area contributed by atoms with Gasteiger partial charge in [0.15, 0.2) is 11.5 Å². The van der Waals surface area contributed by atoms with Gasteiger partial charge in [-0.25, -0.2) is 0 Å². The summed E-state index contributed by atoms with van der Waals surface area (Å²) in [5.74, 6) is 1.07. The van der Waals surface area contributed by atoms with Crippen molar-refractivity contribution in [1.82, 2.24) is 10.9 Å². The smallest absolute Gasteiger partial charge is 0.269 e. The van der Waals surface area contributed by atoms with Crippen molar-refractivity contribution in [2.75, 3.05) is 6.79 Å². The van der Waals surface area contributed by atoms with E-state index in [9.17, 15) is 9.59 Å². The molecule has 1 aliphatic carbocycles. The highest BCUT2D eigenvalue weighted by molar-refractivity contribution is 5.96. The van der Waals surface area contributed by atoms with Gasteiger partial charge in [0.25, 0.3) is 5.91 Å². The highest BCUT2D eigenvalue weighted by atomic mass is 16.7. The van der Waals surface area contributed by atoms with Gasteiger partial charge >= 0.3 is 0 Å². The number of nitrogens with one attached hydrogen (secondary N) is 2.